The molecule has 14 heteroatoms. The van der Waals surface area contributed by atoms with Crippen molar-refractivity contribution >= 4 is 25.7 Å². The van der Waals surface area contributed by atoms with Crippen LogP contribution in [-0.2, 0) is 37.5 Å². The summed E-state index contributed by atoms with van der Waals surface area (Å²) < 4.78 is 32.5. The van der Waals surface area contributed by atoms with Crippen molar-refractivity contribution in [3.8, 4) is 0 Å². The van der Waals surface area contributed by atoms with Crippen LogP contribution in [0.1, 0.15) is 104 Å². The van der Waals surface area contributed by atoms with E-state index in [1.54, 1.807) is 42.5 Å². The standard InChI is InChI=1S/C50H74NO12P/c1-3-5-7-8-9-10-11-12-13-14-15-16-17-18-19-20-21-26-34-40-49(55)63-46(42-61-64(58,59)62-43-47(51)50(56)57)41-60-48(54)39-33-25-23-22-24-30-36-45(53)38-32-28-27-31-37-44(52)35-29-6-4-2/h5-7,9-10,12-13,15-16,18-19,21,23-32,37-38,44-47,52-53H,3-4,8,11,14,17,20,22,33-36,39-43,51H2,1-2H3,(H,56,57)(H,58,59)/b7-5-,10-9-,13-12-,16-15-,19-18-,25-23-,26-21-,28-27-,29-6-,30-24-,37-31+,38-32+/t44-,45+,46-,47+/m1/s1. The van der Waals surface area contributed by atoms with E-state index < -0.39 is 69.9 Å². The van der Waals surface area contributed by atoms with Gasteiger partial charge in [0.25, 0.3) is 0 Å². The number of carboxylic acids is 1. The highest BCUT2D eigenvalue weighted by Gasteiger charge is 2.28. The number of aliphatic hydroxyl groups excluding tert-OH is 2. The van der Waals surface area contributed by atoms with Crippen LogP contribution in [0, 0.1) is 0 Å². The predicted octanol–water partition coefficient (Wildman–Crippen LogP) is 9.88. The number of carbonyl (C=O) groups is 3. The third-order valence-electron chi connectivity index (χ3n) is 8.28. The second-order valence-corrected chi connectivity index (χ2v) is 15.6. The van der Waals surface area contributed by atoms with Gasteiger partial charge in [-0.1, -0.05) is 160 Å². The van der Waals surface area contributed by atoms with Crippen molar-refractivity contribution in [3.05, 3.63) is 146 Å². The Morgan fingerprint density at radius 1 is 0.547 bits per heavy atom. The third kappa shape index (κ3) is 41.3. The van der Waals surface area contributed by atoms with Gasteiger partial charge in [0, 0.05) is 12.8 Å². The number of carbonyl (C=O) groups excluding carboxylic acids is 2. The fraction of sp³-hybridized carbons (Fsp3) is 0.460. The Balaban J connectivity index is 4.73. The molecule has 6 N–H and O–H groups in total. The number of aliphatic hydroxyl groups is 2. The molecule has 0 saturated carbocycles. The first-order valence-electron chi connectivity index (χ1n) is 22.1. The normalized spacial score (nSPS) is 16.0. The van der Waals surface area contributed by atoms with Crippen molar-refractivity contribution in [3.63, 3.8) is 0 Å². The van der Waals surface area contributed by atoms with Gasteiger partial charge in [0.2, 0.25) is 0 Å². The van der Waals surface area contributed by atoms with Crippen LogP contribution in [0.4, 0.5) is 0 Å². The Morgan fingerprint density at radius 2 is 0.938 bits per heavy atom. The van der Waals surface area contributed by atoms with Crippen LogP contribution >= 0.6 is 7.82 Å². The molecule has 0 aliphatic carbocycles. The van der Waals surface area contributed by atoms with Gasteiger partial charge in [-0.05, 0) is 77.0 Å². The van der Waals surface area contributed by atoms with Gasteiger partial charge in [-0.3, -0.25) is 23.4 Å². The maximum Gasteiger partial charge on any atom is 0.472 e. The first-order chi connectivity index (χ1) is 30.9. The largest absolute Gasteiger partial charge is 0.480 e. The molecule has 0 aliphatic heterocycles. The highest BCUT2D eigenvalue weighted by atomic mass is 31.2. The van der Waals surface area contributed by atoms with E-state index in [2.05, 4.69) is 66.1 Å². The van der Waals surface area contributed by atoms with E-state index in [-0.39, 0.29) is 12.8 Å². The Morgan fingerprint density at radius 3 is 1.41 bits per heavy atom. The summed E-state index contributed by atoms with van der Waals surface area (Å²) in [5, 5.41) is 28.8. The Bertz CT molecular complexity index is 1670. The fourth-order valence-electron chi connectivity index (χ4n) is 4.82. The first-order valence-corrected chi connectivity index (χ1v) is 23.6. The number of hydrogen-bond donors (Lipinski definition) is 5. The van der Waals surface area contributed by atoms with E-state index in [4.69, 9.17) is 24.8 Å². The molecule has 356 valence electrons. The van der Waals surface area contributed by atoms with Gasteiger partial charge in [-0.25, -0.2) is 4.57 Å². The van der Waals surface area contributed by atoms with E-state index in [9.17, 15) is 34.1 Å². The SMILES string of the molecule is CC/C=C\C/C=C\C/C=C\C/C=C\C/C=C\C/C=C\CCC(=O)O[C@H](COC(=O)CC/C=C\C/C=C\C[C@H](O)/C=C/C=C\C=C\[C@H](O)C/C=C\CC)COP(=O)(O)OC[C@H](N)C(=O)O. The number of rotatable bonds is 38. The number of carboxylic acid groups (broad SMARTS) is 1. The first kappa shape index (κ1) is 59.3. The predicted molar refractivity (Wildman–Crippen MR) is 256 cm³/mol. The second-order valence-electron chi connectivity index (χ2n) is 14.1. The smallest absolute Gasteiger partial charge is 0.472 e. The molecule has 0 saturated heterocycles. The maximum absolute atomic E-state index is 12.6. The van der Waals surface area contributed by atoms with Crippen LogP contribution < -0.4 is 5.73 Å². The summed E-state index contributed by atoms with van der Waals surface area (Å²) in [6, 6.07) is -1.57. The maximum atomic E-state index is 12.6. The molecular weight excluding hydrogens is 838 g/mol. The number of ether oxygens (including phenoxy) is 2. The van der Waals surface area contributed by atoms with Crippen LogP contribution in [0.5, 0.6) is 0 Å². The molecule has 0 amide bonds. The highest BCUT2D eigenvalue weighted by Crippen LogP contribution is 2.43. The topological polar surface area (TPSA) is 212 Å². The lowest BCUT2D eigenvalue weighted by atomic mass is 10.2. The third-order valence-corrected chi connectivity index (χ3v) is 9.23. The molecule has 13 nitrogen and oxygen atoms in total. The van der Waals surface area contributed by atoms with Gasteiger partial charge in [-0.2, -0.15) is 0 Å². The van der Waals surface area contributed by atoms with Crippen molar-refractivity contribution < 1.29 is 57.7 Å². The van der Waals surface area contributed by atoms with Gasteiger partial charge in [-0.15, -0.1) is 0 Å². The number of phosphoric ester groups is 1. The zero-order valence-corrected chi connectivity index (χ0v) is 38.7. The van der Waals surface area contributed by atoms with Crippen LogP contribution in [0.25, 0.3) is 0 Å². The number of hydrogen-bond acceptors (Lipinski definition) is 11. The Hall–Kier alpha value is -4.72. The number of phosphoric acid groups is 1. The molecule has 0 rings (SSSR count). The lowest BCUT2D eigenvalue weighted by Gasteiger charge is -2.20. The van der Waals surface area contributed by atoms with Crippen LogP contribution in [0.15, 0.2) is 146 Å². The minimum Gasteiger partial charge on any atom is -0.480 e. The van der Waals surface area contributed by atoms with Crippen LogP contribution in [-0.4, -0.2) is 82.3 Å². The molecule has 5 atom stereocenters. The number of nitrogens with two attached hydrogens (primary N) is 1. The molecule has 0 fully saturated rings. The minimum absolute atomic E-state index is 0.0122. The van der Waals surface area contributed by atoms with Gasteiger partial charge in [0.05, 0.1) is 25.4 Å². The molecule has 0 spiro atoms. The molecule has 0 aromatic carbocycles. The zero-order chi connectivity index (χ0) is 47.4. The lowest BCUT2D eigenvalue weighted by molar-refractivity contribution is -0.161. The number of allylic oxidation sites excluding steroid dienone is 20. The van der Waals surface area contributed by atoms with Crippen molar-refractivity contribution in [2.24, 2.45) is 5.73 Å². The van der Waals surface area contributed by atoms with Gasteiger partial charge < -0.3 is 35.4 Å². The van der Waals surface area contributed by atoms with E-state index in [0.717, 1.165) is 38.5 Å². The molecule has 1 unspecified atom stereocenters. The lowest BCUT2D eigenvalue weighted by Crippen LogP contribution is -2.34. The highest BCUT2D eigenvalue weighted by molar-refractivity contribution is 7.47. The Labute approximate surface area is 381 Å². The summed E-state index contributed by atoms with van der Waals surface area (Å²) in [5.41, 5.74) is 5.32. The molecule has 0 heterocycles. The minimum atomic E-state index is -4.79. The zero-order valence-electron chi connectivity index (χ0n) is 37.8. The average molecular weight is 912 g/mol. The molecule has 0 aromatic rings. The van der Waals surface area contributed by atoms with Gasteiger partial charge in [0.1, 0.15) is 12.6 Å². The van der Waals surface area contributed by atoms with Crippen molar-refractivity contribution in [1.82, 2.24) is 0 Å². The molecule has 64 heavy (non-hydrogen) atoms. The molecule has 0 aliphatic rings. The molecule has 0 bridgehead atoms. The summed E-state index contributed by atoms with van der Waals surface area (Å²) in [4.78, 5) is 46.0. The van der Waals surface area contributed by atoms with E-state index in [1.807, 2.05) is 55.5 Å². The molecular formula is C50H74NO12P. The quantitative estimate of drug-likeness (QED) is 0.0169. The average Bonchev–Trinajstić information content (AvgIpc) is 3.26. The van der Waals surface area contributed by atoms with Crippen molar-refractivity contribution in [1.29, 1.82) is 0 Å². The van der Waals surface area contributed by atoms with Crippen LogP contribution in [0.3, 0.4) is 0 Å². The van der Waals surface area contributed by atoms with E-state index in [0.29, 0.717) is 38.5 Å². The summed E-state index contributed by atoms with van der Waals surface area (Å²) in [6.07, 6.45) is 52.9. The van der Waals surface area contributed by atoms with Gasteiger partial charge in [0.15, 0.2) is 6.10 Å². The molecule has 0 aromatic heterocycles. The van der Waals surface area contributed by atoms with E-state index in [1.165, 1.54) is 0 Å². The summed E-state index contributed by atoms with van der Waals surface area (Å²) in [5.74, 6) is -2.70. The van der Waals surface area contributed by atoms with Crippen LogP contribution in [0.2, 0.25) is 0 Å². The van der Waals surface area contributed by atoms with E-state index >= 15 is 0 Å². The molecule has 0 radical (unpaired) electrons. The fourth-order valence-corrected chi connectivity index (χ4v) is 5.60. The Kier molecular flexibility index (Phi) is 39.1. The number of esters is 2. The monoisotopic (exact) mass is 911 g/mol. The van der Waals surface area contributed by atoms with Crippen molar-refractivity contribution in [2.45, 2.75) is 128 Å². The second kappa shape index (κ2) is 42.2. The summed E-state index contributed by atoms with van der Waals surface area (Å²) in [7, 11) is -4.79. The number of aliphatic carboxylic acids is 1. The van der Waals surface area contributed by atoms with Crippen molar-refractivity contribution in [2.75, 3.05) is 19.8 Å². The van der Waals surface area contributed by atoms with Gasteiger partial charge >= 0.3 is 25.7 Å². The summed E-state index contributed by atoms with van der Waals surface area (Å²) in [6.45, 7) is 2.21. The summed E-state index contributed by atoms with van der Waals surface area (Å²) >= 11 is 0.